The van der Waals surface area contributed by atoms with Crippen LogP contribution in [0.15, 0.2) is 24.3 Å². The van der Waals surface area contributed by atoms with Crippen LogP contribution in [-0.4, -0.2) is 43.9 Å². The van der Waals surface area contributed by atoms with Crippen molar-refractivity contribution in [2.24, 2.45) is 0 Å². The summed E-state index contributed by atoms with van der Waals surface area (Å²) in [4.78, 5) is 24.7. The number of unbranched alkanes of at least 4 members (excludes halogenated alkanes) is 16. The molecule has 0 heterocycles. The van der Waals surface area contributed by atoms with Crippen LogP contribution in [0, 0.1) is 0 Å². The Morgan fingerprint density at radius 1 is 0.615 bits per heavy atom. The van der Waals surface area contributed by atoms with Crippen molar-refractivity contribution < 1.29 is 61.6 Å². The van der Waals surface area contributed by atoms with Gasteiger partial charge in [0.2, 0.25) is 0 Å². The maximum Gasteiger partial charge on any atom is 1.00 e. The molecule has 0 aliphatic rings. The number of hydrogen-bond donors (Lipinski definition) is 0. The Kier molecular flexibility index (Phi) is 24.2. The first-order valence-electron chi connectivity index (χ1n) is 14.7. The van der Waals surface area contributed by atoms with E-state index in [9.17, 15) is 22.6 Å². The number of rotatable bonds is 24. The molecule has 0 spiro atoms. The molecule has 0 saturated carbocycles. The summed E-state index contributed by atoms with van der Waals surface area (Å²) in [6, 6.07) is 6.19. The third-order valence-electron chi connectivity index (χ3n) is 6.62. The average Bonchev–Trinajstić information content (AvgIpc) is 2.89. The molecular formula is C30H49NaO7S. The van der Waals surface area contributed by atoms with Crippen LogP contribution < -0.4 is 29.6 Å². The van der Waals surface area contributed by atoms with Crippen LogP contribution in [0.3, 0.4) is 0 Å². The van der Waals surface area contributed by atoms with Crippen LogP contribution in [0.25, 0.3) is 0 Å². The minimum atomic E-state index is -4.36. The predicted octanol–water partition coefficient (Wildman–Crippen LogP) is 4.59. The summed E-state index contributed by atoms with van der Waals surface area (Å²) in [5.74, 6) is -1.95. The SMILES string of the molecule is CCCCCCCCCCCCCCCCCCCOC(=O)c1ccccc1C(=O)OCCCS(=O)(=O)[O-].[Na+]. The Morgan fingerprint density at radius 3 is 1.31 bits per heavy atom. The van der Waals surface area contributed by atoms with Gasteiger partial charge >= 0.3 is 41.5 Å². The topological polar surface area (TPSA) is 110 Å². The van der Waals surface area contributed by atoms with Gasteiger partial charge < -0.3 is 14.0 Å². The van der Waals surface area contributed by atoms with Gasteiger partial charge in [0.1, 0.15) is 0 Å². The maximum atomic E-state index is 12.5. The Hall–Kier alpha value is -0.930. The van der Waals surface area contributed by atoms with E-state index in [2.05, 4.69) is 6.92 Å². The molecule has 1 aromatic carbocycles. The zero-order chi connectivity index (χ0) is 27.9. The number of carbonyl (C=O) groups excluding carboxylic acids is 2. The van der Waals surface area contributed by atoms with E-state index in [0.29, 0.717) is 6.61 Å². The summed E-state index contributed by atoms with van der Waals surface area (Å²) in [6.07, 6.45) is 21.7. The monoisotopic (exact) mass is 576 g/mol. The molecule has 0 unspecified atom stereocenters. The molecule has 0 aromatic heterocycles. The van der Waals surface area contributed by atoms with Crippen LogP contribution in [0.2, 0.25) is 0 Å². The second kappa shape index (κ2) is 24.8. The van der Waals surface area contributed by atoms with Crippen LogP contribution in [0.1, 0.15) is 143 Å². The van der Waals surface area contributed by atoms with Gasteiger partial charge in [-0.25, -0.2) is 18.0 Å². The Labute approximate surface area is 259 Å². The number of hydrogen-bond acceptors (Lipinski definition) is 7. The molecule has 7 nitrogen and oxygen atoms in total. The summed E-state index contributed by atoms with van der Waals surface area (Å²) in [7, 11) is -4.36. The summed E-state index contributed by atoms with van der Waals surface area (Å²) in [6.45, 7) is 2.34. The van der Waals surface area contributed by atoms with E-state index in [1.807, 2.05) is 0 Å². The quantitative estimate of drug-likeness (QED) is 0.0766. The summed E-state index contributed by atoms with van der Waals surface area (Å²) in [5, 5.41) is 0. The van der Waals surface area contributed by atoms with Gasteiger partial charge in [0.25, 0.3) is 0 Å². The van der Waals surface area contributed by atoms with Crippen molar-refractivity contribution in [2.45, 2.75) is 122 Å². The molecule has 0 atom stereocenters. The van der Waals surface area contributed by atoms with Gasteiger partial charge in [0, 0.05) is 5.75 Å². The molecule has 218 valence electrons. The first-order chi connectivity index (χ1) is 18.3. The van der Waals surface area contributed by atoms with Crippen LogP contribution in [0.5, 0.6) is 0 Å². The van der Waals surface area contributed by atoms with E-state index >= 15 is 0 Å². The van der Waals surface area contributed by atoms with Gasteiger partial charge in [-0.05, 0) is 25.0 Å². The van der Waals surface area contributed by atoms with Crippen molar-refractivity contribution in [1.82, 2.24) is 0 Å². The van der Waals surface area contributed by atoms with Gasteiger partial charge in [-0.15, -0.1) is 0 Å². The first kappa shape index (κ1) is 38.1. The molecule has 1 rings (SSSR count). The zero-order valence-electron chi connectivity index (χ0n) is 24.4. The van der Waals surface area contributed by atoms with Crippen molar-refractivity contribution in [1.29, 1.82) is 0 Å². The van der Waals surface area contributed by atoms with Crippen LogP contribution in [0.4, 0.5) is 0 Å². The Balaban J connectivity index is 0.0000144. The molecule has 0 aliphatic heterocycles. The van der Waals surface area contributed by atoms with Gasteiger partial charge in [0.15, 0.2) is 0 Å². The van der Waals surface area contributed by atoms with Crippen molar-refractivity contribution in [2.75, 3.05) is 19.0 Å². The molecule has 0 saturated heterocycles. The minimum Gasteiger partial charge on any atom is -0.748 e. The minimum absolute atomic E-state index is 0. The second-order valence-corrected chi connectivity index (χ2v) is 11.6. The molecule has 0 aliphatic carbocycles. The number of benzene rings is 1. The number of esters is 2. The van der Waals surface area contributed by atoms with E-state index in [0.717, 1.165) is 19.3 Å². The second-order valence-electron chi connectivity index (χ2n) is 10.1. The standard InChI is InChI=1S/C30H50O7S.Na/c1-2-3-4-5-6-7-8-9-10-11-12-13-14-15-16-17-20-24-36-29(31)27-22-18-19-23-28(27)30(32)37-25-21-26-38(33,34)35;/h18-19,22-23H,2-17,20-21,24-26H2,1H3,(H,33,34,35);/q;+1/p-1. The number of carbonyl (C=O) groups is 2. The van der Waals surface area contributed by atoms with Crippen molar-refractivity contribution in [3.63, 3.8) is 0 Å². The molecular weight excluding hydrogens is 527 g/mol. The smallest absolute Gasteiger partial charge is 0.748 e. The van der Waals surface area contributed by atoms with Crippen LogP contribution in [-0.2, 0) is 19.6 Å². The summed E-state index contributed by atoms with van der Waals surface area (Å²) in [5.41, 5.74) is 0.172. The summed E-state index contributed by atoms with van der Waals surface area (Å²) < 4.78 is 42.3. The molecule has 0 N–H and O–H groups in total. The fraction of sp³-hybridized carbons (Fsp3) is 0.733. The molecule has 0 fully saturated rings. The van der Waals surface area contributed by atoms with Crippen LogP contribution >= 0.6 is 0 Å². The Bertz CT molecular complexity index is 874. The fourth-order valence-electron chi connectivity index (χ4n) is 4.39. The molecule has 9 heteroatoms. The van der Waals surface area contributed by atoms with Crippen molar-refractivity contribution >= 4 is 22.1 Å². The molecule has 0 amide bonds. The van der Waals surface area contributed by atoms with Crippen molar-refractivity contribution in [3.05, 3.63) is 35.4 Å². The van der Waals surface area contributed by atoms with E-state index in [-0.39, 0.29) is 53.7 Å². The van der Waals surface area contributed by atoms with Gasteiger partial charge in [0.05, 0.1) is 34.5 Å². The maximum absolute atomic E-state index is 12.5. The molecule has 0 bridgehead atoms. The zero-order valence-corrected chi connectivity index (χ0v) is 27.2. The largest absolute Gasteiger partial charge is 1.00 e. The Morgan fingerprint density at radius 2 is 0.949 bits per heavy atom. The average molecular weight is 577 g/mol. The van der Waals surface area contributed by atoms with E-state index in [4.69, 9.17) is 9.47 Å². The fourth-order valence-corrected chi connectivity index (χ4v) is 4.86. The van der Waals surface area contributed by atoms with E-state index < -0.39 is 27.8 Å². The normalized spacial score (nSPS) is 11.1. The summed E-state index contributed by atoms with van der Waals surface area (Å²) >= 11 is 0. The third-order valence-corrected chi connectivity index (χ3v) is 7.41. The van der Waals surface area contributed by atoms with Gasteiger partial charge in [-0.2, -0.15) is 0 Å². The first-order valence-corrected chi connectivity index (χ1v) is 16.3. The molecule has 1 aromatic rings. The van der Waals surface area contributed by atoms with Gasteiger partial charge in [-0.3, -0.25) is 0 Å². The van der Waals surface area contributed by atoms with Gasteiger partial charge in [-0.1, -0.05) is 122 Å². The third kappa shape index (κ3) is 21.5. The van der Waals surface area contributed by atoms with E-state index in [1.54, 1.807) is 12.1 Å². The number of ether oxygens (including phenoxy) is 2. The van der Waals surface area contributed by atoms with Crippen molar-refractivity contribution in [3.8, 4) is 0 Å². The molecule has 0 radical (unpaired) electrons. The van der Waals surface area contributed by atoms with E-state index in [1.165, 1.54) is 102 Å². The predicted molar refractivity (Wildman–Crippen MR) is 150 cm³/mol. The molecule has 39 heavy (non-hydrogen) atoms.